The van der Waals surface area contributed by atoms with Gasteiger partial charge >= 0.3 is 0 Å². The fraction of sp³-hybridized carbons (Fsp3) is 0.278. The average molecular weight is 334 g/mol. The zero-order valence-electron chi connectivity index (χ0n) is 13.3. The Hall–Kier alpha value is -2.20. The van der Waals surface area contributed by atoms with Crippen LogP contribution >= 0.6 is 11.6 Å². The van der Waals surface area contributed by atoms with Crippen LogP contribution in [0.1, 0.15) is 30.6 Å². The first-order chi connectivity index (χ1) is 11.1. The lowest BCUT2D eigenvalue weighted by atomic mass is 10.1. The summed E-state index contributed by atoms with van der Waals surface area (Å²) in [5, 5.41) is 3.33. The van der Waals surface area contributed by atoms with Gasteiger partial charge in [0.05, 0.1) is 18.8 Å². The monoisotopic (exact) mass is 333 g/mol. The number of halogens is 1. The minimum Gasteiger partial charge on any atom is -0.494 e. The number of amides is 1. The van der Waals surface area contributed by atoms with Crippen molar-refractivity contribution in [3.8, 4) is 11.5 Å². The number of hydrogen-bond donors (Lipinski definition) is 1. The van der Waals surface area contributed by atoms with Crippen molar-refractivity contribution in [3.05, 3.63) is 53.1 Å². The van der Waals surface area contributed by atoms with Crippen LogP contribution in [0.4, 0.5) is 5.69 Å². The fourth-order valence-corrected chi connectivity index (χ4v) is 2.19. The molecule has 0 aliphatic carbocycles. The lowest BCUT2D eigenvalue weighted by molar-refractivity contribution is 0.102. The molecule has 0 aliphatic rings. The second kappa shape index (κ2) is 8.44. The van der Waals surface area contributed by atoms with Gasteiger partial charge in [0.1, 0.15) is 11.5 Å². The molecule has 0 spiro atoms. The molecule has 0 heterocycles. The topological polar surface area (TPSA) is 47.6 Å². The number of carbonyl (C=O) groups excluding carboxylic acids is 1. The predicted octanol–water partition coefficient (Wildman–Crippen LogP) is 4.78. The molecule has 122 valence electrons. The van der Waals surface area contributed by atoms with Gasteiger partial charge in [0.2, 0.25) is 0 Å². The van der Waals surface area contributed by atoms with E-state index in [1.54, 1.807) is 30.3 Å². The number of rotatable bonds is 7. The number of nitrogens with one attached hydrogen (secondary N) is 1. The van der Waals surface area contributed by atoms with Crippen molar-refractivity contribution >= 4 is 23.2 Å². The number of ether oxygens (including phenoxy) is 2. The summed E-state index contributed by atoms with van der Waals surface area (Å²) in [5.41, 5.74) is 1.10. The van der Waals surface area contributed by atoms with Crippen molar-refractivity contribution in [3.63, 3.8) is 0 Å². The van der Waals surface area contributed by atoms with Crippen LogP contribution in [-0.2, 0) is 0 Å². The average Bonchev–Trinajstić information content (AvgIpc) is 2.55. The summed E-state index contributed by atoms with van der Waals surface area (Å²) >= 11 is 6.00. The largest absolute Gasteiger partial charge is 0.494 e. The highest BCUT2D eigenvalue weighted by Crippen LogP contribution is 2.25. The standard InChI is InChI=1S/C18H20ClNO3/c1-3-11-23-17-10-5-13(19)12-16(17)18(21)20-14-6-8-15(9-7-14)22-4-2/h5-10,12H,3-4,11H2,1-2H3,(H,20,21). The molecule has 0 bridgehead atoms. The lowest BCUT2D eigenvalue weighted by Crippen LogP contribution is -2.14. The molecule has 2 aromatic rings. The zero-order chi connectivity index (χ0) is 16.7. The first kappa shape index (κ1) is 17.2. The van der Waals surface area contributed by atoms with Crippen molar-refractivity contribution in [1.29, 1.82) is 0 Å². The Morgan fingerprint density at radius 3 is 2.48 bits per heavy atom. The van der Waals surface area contributed by atoms with E-state index in [2.05, 4.69) is 5.32 Å². The van der Waals surface area contributed by atoms with Gasteiger partial charge in [-0.2, -0.15) is 0 Å². The molecule has 2 aromatic carbocycles. The summed E-state index contributed by atoms with van der Waals surface area (Å²) in [6.45, 7) is 5.08. The summed E-state index contributed by atoms with van der Waals surface area (Å²) in [6.07, 6.45) is 0.864. The molecule has 5 heteroatoms. The Morgan fingerprint density at radius 1 is 1.09 bits per heavy atom. The quantitative estimate of drug-likeness (QED) is 0.793. The number of benzene rings is 2. The molecule has 2 rings (SSSR count). The Morgan fingerprint density at radius 2 is 1.83 bits per heavy atom. The van der Waals surface area contributed by atoms with Crippen molar-refractivity contribution in [2.75, 3.05) is 18.5 Å². The first-order valence-electron chi connectivity index (χ1n) is 7.60. The predicted molar refractivity (Wildman–Crippen MR) is 92.8 cm³/mol. The third kappa shape index (κ3) is 4.89. The van der Waals surface area contributed by atoms with E-state index in [4.69, 9.17) is 21.1 Å². The van der Waals surface area contributed by atoms with Crippen LogP contribution in [0.5, 0.6) is 11.5 Å². The van der Waals surface area contributed by atoms with E-state index in [0.29, 0.717) is 35.2 Å². The second-order valence-electron chi connectivity index (χ2n) is 4.90. The van der Waals surface area contributed by atoms with Crippen LogP contribution < -0.4 is 14.8 Å². The molecule has 0 radical (unpaired) electrons. The van der Waals surface area contributed by atoms with Gasteiger partial charge in [0.15, 0.2) is 0 Å². The zero-order valence-corrected chi connectivity index (χ0v) is 14.0. The minimum absolute atomic E-state index is 0.261. The molecule has 1 N–H and O–H groups in total. The molecule has 0 fully saturated rings. The van der Waals surface area contributed by atoms with Gasteiger partial charge in [-0.15, -0.1) is 0 Å². The molecule has 0 atom stereocenters. The van der Waals surface area contributed by atoms with Gasteiger partial charge in [0, 0.05) is 10.7 Å². The number of anilines is 1. The van der Waals surface area contributed by atoms with E-state index < -0.39 is 0 Å². The molecule has 0 aromatic heterocycles. The van der Waals surface area contributed by atoms with Crippen molar-refractivity contribution in [2.45, 2.75) is 20.3 Å². The maximum atomic E-state index is 12.5. The molecular weight excluding hydrogens is 314 g/mol. The Kier molecular flexibility index (Phi) is 6.29. The van der Waals surface area contributed by atoms with Crippen molar-refractivity contribution in [1.82, 2.24) is 0 Å². The van der Waals surface area contributed by atoms with Gasteiger partial charge < -0.3 is 14.8 Å². The number of hydrogen-bond acceptors (Lipinski definition) is 3. The second-order valence-corrected chi connectivity index (χ2v) is 5.34. The summed E-state index contributed by atoms with van der Waals surface area (Å²) < 4.78 is 11.0. The normalized spacial score (nSPS) is 10.2. The first-order valence-corrected chi connectivity index (χ1v) is 7.98. The maximum Gasteiger partial charge on any atom is 0.259 e. The molecule has 23 heavy (non-hydrogen) atoms. The van der Waals surface area contributed by atoms with Crippen LogP contribution in [0.15, 0.2) is 42.5 Å². The van der Waals surface area contributed by atoms with E-state index in [-0.39, 0.29) is 5.91 Å². The summed E-state index contributed by atoms with van der Waals surface area (Å²) in [6, 6.07) is 12.2. The highest BCUT2D eigenvalue weighted by atomic mass is 35.5. The van der Waals surface area contributed by atoms with E-state index in [0.717, 1.165) is 12.2 Å². The van der Waals surface area contributed by atoms with Crippen LogP contribution in [-0.4, -0.2) is 19.1 Å². The highest BCUT2D eigenvalue weighted by molar-refractivity contribution is 6.31. The molecule has 1 amide bonds. The van der Waals surface area contributed by atoms with Crippen molar-refractivity contribution < 1.29 is 14.3 Å². The SMILES string of the molecule is CCCOc1ccc(Cl)cc1C(=O)Nc1ccc(OCC)cc1. The molecule has 0 saturated carbocycles. The molecule has 0 saturated heterocycles. The van der Waals surface area contributed by atoms with Gasteiger partial charge in [-0.3, -0.25) is 4.79 Å². The minimum atomic E-state index is -0.261. The van der Waals surface area contributed by atoms with Crippen LogP contribution in [0.3, 0.4) is 0 Å². The summed E-state index contributed by atoms with van der Waals surface area (Å²) in [5.74, 6) is 1.03. The lowest BCUT2D eigenvalue weighted by Gasteiger charge is -2.12. The van der Waals surface area contributed by atoms with Gasteiger partial charge in [-0.1, -0.05) is 18.5 Å². The highest BCUT2D eigenvalue weighted by Gasteiger charge is 2.14. The maximum absolute atomic E-state index is 12.5. The number of carbonyl (C=O) groups is 1. The molecule has 4 nitrogen and oxygen atoms in total. The van der Waals surface area contributed by atoms with Gasteiger partial charge in [-0.25, -0.2) is 0 Å². The van der Waals surface area contributed by atoms with Gasteiger partial charge in [-0.05, 0) is 55.8 Å². The molecule has 0 unspecified atom stereocenters. The van der Waals surface area contributed by atoms with Crippen LogP contribution in [0, 0.1) is 0 Å². The van der Waals surface area contributed by atoms with E-state index >= 15 is 0 Å². The summed E-state index contributed by atoms with van der Waals surface area (Å²) in [7, 11) is 0. The Labute approximate surface area is 141 Å². The van der Waals surface area contributed by atoms with E-state index in [9.17, 15) is 4.79 Å². The van der Waals surface area contributed by atoms with E-state index in [1.165, 1.54) is 0 Å². The van der Waals surface area contributed by atoms with Crippen molar-refractivity contribution in [2.24, 2.45) is 0 Å². The Balaban J connectivity index is 2.14. The third-order valence-corrected chi connectivity index (χ3v) is 3.31. The smallest absolute Gasteiger partial charge is 0.259 e. The molecule has 0 aliphatic heterocycles. The van der Waals surface area contributed by atoms with Crippen LogP contribution in [0.25, 0.3) is 0 Å². The fourth-order valence-electron chi connectivity index (χ4n) is 2.02. The Bertz CT molecular complexity index is 656. The summed E-state index contributed by atoms with van der Waals surface area (Å²) in [4.78, 5) is 12.5. The van der Waals surface area contributed by atoms with Gasteiger partial charge in [0.25, 0.3) is 5.91 Å². The molecular formula is C18H20ClNO3. The van der Waals surface area contributed by atoms with E-state index in [1.807, 2.05) is 26.0 Å². The third-order valence-electron chi connectivity index (χ3n) is 3.07. The van der Waals surface area contributed by atoms with Crippen LogP contribution in [0.2, 0.25) is 5.02 Å².